The number of amides is 2. The Labute approximate surface area is 158 Å². The number of hydrogen-bond donors (Lipinski definition) is 2. The lowest BCUT2D eigenvalue weighted by atomic mass is 10.1. The number of nitrogens with one attached hydrogen (secondary N) is 2. The molecule has 0 spiro atoms. The van der Waals surface area contributed by atoms with Crippen molar-refractivity contribution in [2.24, 2.45) is 0 Å². The van der Waals surface area contributed by atoms with Crippen LogP contribution in [0, 0.1) is 6.92 Å². The fraction of sp³-hybridized carbons (Fsp3) is 0.278. The first-order chi connectivity index (χ1) is 11.0. The van der Waals surface area contributed by atoms with Gasteiger partial charge in [-0.25, -0.2) is 4.79 Å². The third-order valence-electron chi connectivity index (χ3n) is 3.71. The summed E-state index contributed by atoms with van der Waals surface area (Å²) in [5.41, 5.74) is 3.76. The van der Waals surface area contributed by atoms with Crippen LogP contribution >= 0.6 is 15.9 Å². The van der Waals surface area contributed by atoms with Gasteiger partial charge in [0.05, 0.1) is 5.69 Å². The average molecular weight is 412 g/mol. The number of carbonyl (C=O) groups is 1. The maximum Gasteiger partial charge on any atom is 0.323 e. The molecule has 6 heteroatoms. The van der Waals surface area contributed by atoms with E-state index in [2.05, 4.69) is 51.4 Å². The molecule has 0 aromatic heterocycles. The molecule has 2 amide bonds. The third-order valence-corrected chi connectivity index (χ3v) is 4.40. The van der Waals surface area contributed by atoms with E-state index in [-0.39, 0.29) is 18.4 Å². The Morgan fingerprint density at radius 1 is 1.04 bits per heavy atom. The van der Waals surface area contributed by atoms with Gasteiger partial charge >= 0.3 is 6.03 Å². The van der Waals surface area contributed by atoms with Gasteiger partial charge in [0, 0.05) is 28.9 Å². The summed E-state index contributed by atoms with van der Waals surface area (Å²) in [5.74, 6) is 0. The molecule has 130 valence electrons. The topological polar surface area (TPSA) is 44.4 Å². The van der Waals surface area contributed by atoms with Gasteiger partial charge < -0.3 is 27.9 Å². The zero-order chi connectivity index (χ0) is 16.8. The molecular weight excluding hydrogens is 390 g/mol. The second kappa shape index (κ2) is 9.55. The molecule has 2 N–H and O–H groups in total. The second-order valence-corrected chi connectivity index (χ2v) is 6.08. The first kappa shape index (κ1) is 20.3. The number of nitrogens with zero attached hydrogens (tertiary/aromatic N) is 1. The van der Waals surface area contributed by atoms with Crippen LogP contribution in [-0.2, 0) is 0 Å². The van der Waals surface area contributed by atoms with E-state index in [1.54, 1.807) is 0 Å². The summed E-state index contributed by atoms with van der Waals surface area (Å²) in [4.78, 5) is 14.4. The molecule has 4 nitrogen and oxygen atoms in total. The Morgan fingerprint density at radius 2 is 1.67 bits per heavy atom. The van der Waals surface area contributed by atoms with Gasteiger partial charge in [-0.1, -0.05) is 12.1 Å². The van der Waals surface area contributed by atoms with E-state index in [0.717, 1.165) is 34.5 Å². The number of carbonyl (C=O) groups excluding carboxylic acids is 1. The summed E-state index contributed by atoms with van der Waals surface area (Å²) >= 11 is 3.42. The van der Waals surface area contributed by atoms with Crippen molar-refractivity contribution in [1.82, 2.24) is 0 Å². The van der Waals surface area contributed by atoms with Crippen LogP contribution in [-0.4, -0.2) is 19.1 Å². The van der Waals surface area contributed by atoms with E-state index in [1.807, 2.05) is 43.3 Å². The molecule has 0 bridgehead atoms. The van der Waals surface area contributed by atoms with Crippen molar-refractivity contribution in [3.63, 3.8) is 0 Å². The SMILES string of the molecule is CCN(CC)c1ccc(NC(=O)Nc2ccccc2Br)c(C)c1.[Cl-]. The third kappa shape index (κ3) is 5.14. The van der Waals surface area contributed by atoms with Crippen molar-refractivity contribution in [3.8, 4) is 0 Å². The van der Waals surface area contributed by atoms with Gasteiger partial charge in [0.25, 0.3) is 0 Å². The van der Waals surface area contributed by atoms with Crippen LogP contribution in [0.1, 0.15) is 19.4 Å². The Hall–Kier alpha value is -1.72. The molecule has 2 aromatic carbocycles. The number of anilines is 3. The molecule has 0 radical (unpaired) electrons. The standard InChI is InChI=1S/C18H22BrN3O.ClH/c1-4-22(5-2)14-10-11-16(13(3)12-14)20-18(23)21-17-9-7-6-8-15(17)19;/h6-12H,4-5H2,1-3H3,(H2,20,21,23);1H/p-1. The number of benzene rings is 2. The summed E-state index contributed by atoms with van der Waals surface area (Å²) < 4.78 is 0.851. The first-order valence-electron chi connectivity index (χ1n) is 7.73. The predicted molar refractivity (Wildman–Crippen MR) is 102 cm³/mol. The molecule has 0 aliphatic rings. The summed E-state index contributed by atoms with van der Waals surface area (Å²) in [5, 5.41) is 5.74. The largest absolute Gasteiger partial charge is 1.00 e. The highest BCUT2D eigenvalue weighted by Gasteiger charge is 2.09. The van der Waals surface area contributed by atoms with E-state index in [0.29, 0.717) is 0 Å². The molecule has 2 rings (SSSR count). The van der Waals surface area contributed by atoms with Gasteiger partial charge in [0.15, 0.2) is 0 Å². The fourth-order valence-electron chi connectivity index (χ4n) is 2.41. The number of urea groups is 1. The Kier molecular flexibility index (Phi) is 8.08. The zero-order valence-corrected chi connectivity index (χ0v) is 16.4. The van der Waals surface area contributed by atoms with Gasteiger partial charge in [0.1, 0.15) is 0 Å². The van der Waals surface area contributed by atoms with Gasteiger partial charge in [-0.15, -0.1) is 0 Å². The van der Waals surface area contributed by atoms with Crippen molar-refractivity contribution < 1.29 is 17.2 Å². The number of hydrogen-bond acceptors (Lipinski definition) is 2. The van der Waals surface area contributed by atoms with E-state index in [1.165, 1.54) is 5.69 Å². The zero-order valence-electron chi connectivity index (χ0n) is 14.1. The van der Waals surface area contributed by atoms with Gasteiger partial charge in [0.2, 0.25) is 0 Å². The van der Waals surface area contributed by atoms with E-state index < -0.39 is 0 Å². The Balaban J connectivity index is 0.00000288. The van der Waals surface area contributed by atoms with E-state index in [4.69, 9.17) is 0 Å². The lowest BCUT2D eigenvalue weighted by Crippen LogP contribution is -3.00. The highest BCUT2D eigenvalue weighted by atomic mass is 79.9. The van der Waals surface area contributed by atoms with Crippen molar-refractivity contribution in [2.45, 2.75) is 20.8 Å². The van der Waals surface area contributed by atoms with Gasteiger partial charge in [-0.2, -0.15) is 0 Å². The molecular formula is C18H22BrClN3O-. The molecule has 2 aromatic rings. The molecule has 24 heavy (non-hydrogen) atoms. The summed E-state index contributed by atoms with van der Waals surface area (Å²) in [7, 11) is 0. The van der Waals surface area contributed by atoms with Crippen LogP contribution in [0.25, 0.3) is 0 Å². The van der Waals surface area contributed by atoms with Crippen LogP contribution in [0.3, 0.4) is 0 Å². The minimum absolute atomic E-state index is 0. The Bertz CT molecular complexity index is 690. The van der Waals surface area contributed by atoms with Crippen molar-refractivity contribution in [2.75, 3.05) is 28.6 Å². The maximum absolute atomic E-state index is 12.2. The quantitative estimate of drug-likeness (QED) is 0.792. The molecule has 0 atom stereocenters. The highest BCUT2D eigenvalue weighted by molar-refractivity contribution is 9.10. The van der Waals surface area contributed by atoms with E-state index in [9.17, 15) is 4.79 Å². The molecule has 0 aliphatic heterocycles. The molecule has 0 saturated carbocycles. The normalized spacial score (nSPS) is 9.83. The summed E-state index contributed by atoms with van der Waals surface area (Å²) in [6.45, 7) is 8.20. The summed E-state index contributed by atoms with van der Waals surface area (Å²) in [6.07, 6.45) is 0. The minimum Gasteiger partial charge on any atom is -1.00 e. The van der Waals surface area contributed by atoms with Crippen LogP contribution in [0.5, 0.6) is 0 Å². The number of halogens is 2. The fourth-order valence-corrected chi connectivity index (χ4v) is 2.80. The van der Waals surface area contributed by atoms with Crippen LogP contribution in [0.4, 0.5) is 21.9 Å². The van der Waals surface area contributed by atoms with Crippen LogP contribution in [0.15, 0.2) is 46.9 Å². The highest BCUT2D eigenvalue weighted by Crippen LogP contribution is 2.24. The molecule has 0 aliphatic carbocycles. The molecule has 0 saturated heterocycles. The second-order valence-electron chi connectivity index (χ2n) is 5.23. The van der Waals surface area contributed by atoms with Crippen molar-refractivity contribution in [1.29, 1.82) is 0 Å². The van der Waals surface area contributed by atoms with Crippen molar-refractivity contribution in [3.05, 3.63) is 52.5 Å². The lowest BCUT2D eigenvalue weighted by Gasteiger charge is -2.22. The smallest absolute Gasteiger partial charge is 0.323 e. The Morgan fingerprint density at radius 3 is 2.25 bits per heavy atom. The number of para-hydroxylation sites is 1. The minimum atomic E-state index is -0.254. The van der Waals surface area contributed by atoms with Crippen LogP contribution in [0.2, 0.25) is 0 Å². The molecule has 0 fully saturated rings. The average Bonchev–Trinajstić information content (AvgIpc) is 2.53. The lowest BCUT2D eigenvalue weighted by molar-refractivity contribution is -0.00000758. The number of rotatable bonds is 5. The monoisotopic (exact) mass is 410 g/mol. The maximum atomic E-state index is 12.2. The predicted octanol–water partition coefficient (Wildman–Crippen LogP) is 2.25. The first-order valence-corrected chi connectivity index (χ1v) is 8.52. The van der Waals surface area contributed by atoms with Crippen molar-refractivity contribution >= 4 is 39.0 Å². The molecule has 0 heterocycles. The molecule has 0 unspecified atom stereocenters. The van der Waals surface area contributed by atoms with Gasteiger partial charge in [-0.05, 0) is 72.6 Å². The summed E-state index contributed by atoms with van der Waals surface area (Å²) in [6, 6.07) is 13.3. The van der Waals surface area contributed by atoms with E-state index >= 15 is 0 Å². The number of aryl methyl sites for hydroxylation is 1. The van der Waals surface area contributed by atoms with Crippen LogP contribution < -0.4 is 27.9 Å². The van der Waals surface area contributed by atoms with Gasteiger partial charge in [-0.3, -0.25) is 0 Å².